The lowest BCUT2D eigenvalue weighted by atomic mass is 9.86. The second-order valence-electron chi connectivity index (χ2n) is 7.34. The summed E-state index contributed by atoms with van der Waals surface area (Å²) in [6, 6.07) is 0.135. The van der Waals surface area contributed by atoms with Crippen LogP contribution in [-0.4, -0.2) is 6.04 Å². The zero-order chi connectivity index (χ0) is 18.0. The van der Waals surface area contributed by atoms with Crippen LogP contribution in [0.1, 0.15) is 105 Å². The molecule has 0 aromatic rings. The fraction of sp³-hybridized carbons (Fsp3) is 0.905. The molecule has 3 atom stereocenters. The Morgan fingerprint density at radius 2 is 1.46 bits per heavy atom. The molecular formula is C21H41N3. The number of azide groups is 1. The van der Waals surface area contributed by atoms with Gasteiger partial charge in [0, 0.05) is 11.0 Å². The second-order valence-corrected chi connectivity index (χ2v) is 7.34. The van der Waals surface area contributed by atoms with Gasteiger partial charge in [-0.1, -0.05) is 96.3 Å². The Labute approximate surface area is 150 Å². The van der Waals surface area contributed by atoms with Crippen LogP contribution in [-0.2, 0) is 0 Å². The quantitative estimate of drug-likeness (QED) is 0.0896. The third kappa shape index (κ3) is 12.5. The van der Waals surface area contributed by atoms with Crippen molar-refractivity contribution in [1.82, 2.24) is 0 Å². The number of allylic oxidation sites excluding steroid dienone is 2. The highest BCUT2D eigenvalue weighted by atomic mass is 15.1. The van der Waals surface area contributed by atoms with E-state index in [4.69, 9.17) is 5.53 Å². The first kappa shape index (κ1) is 23.1. The Morgan fingerprint density at radius 3 is 2.00 bits per heavy atom. The summed E-state index contributed by atoms with van der Waals surface area (Å²) < 4.78 is 0. The van der Waals surface area contributed by atoms with Gasteiger partial charge in [-0.3, -0.25) is 0 Å². The summed E-state index contributed by atoms with van der Waals surface area (Å²) in [6.07, 6.45) is 20.5. The number of unbranched alkanes of at least 4 members (excludes halogenated alkanes) is 9. The first-order valence-electron chi connectivity index (χ1n) is 10.4. The van der Waals surface area contributed by atoms with Crippen LogP contribution in [0, 0.1) is 11.8 Å². The molecule has 0 radical (unpaired) electrons. The maximum atomic E-state index is 8.63. The lowest BCUT2D eigenvalue weighted by molar-refractivity contribution is 0.320. The van der Waals surface area contributed by atoms with Gasteiger partial charge in [-0.25, -0.2) is 0 Å². The van der Waals surface area contributed by atoms with E-state index in [0.29, 0.717) is 11.8 Å². The van der Waals surface area contributed by atoms with Crippen molar-refractivity contribution in [2.75, 3.05) is 0 Å². The molecule has 0 saturated heterocycles. The van der Waals surface area contributed by atoms with Crippen molar-refractivity contribution in [2.45, 2.75) is 111 Å². The molecular weight excluding hydrogens is 294 g/mol. The largest absolute Gasteiger partial charge is 0.0903 e. The predicted molar refractivity (Wildman–Crippen MR) is 107 cm³/mol. The van der Waals surface area contributed by atoms with Crippen molar-refractivity contribution in [3.05, 3.63) is 22.6 Å². The normalized spacial score (nSPS) is 15.2. The summed E-state index contributed by atoms with van der Waals surface area (Å²) >= 11 is 0. The lowest BCUT2D eigenvalue weighted by Gasteiger charge is -2.23. The molecule has 0 amide bonds. The molecule has 0 saturated carbocycles. The van der Waals surface area contributed by atoms with Crippen LogP contribution in [0.4, 0.5) is 0 Å². The second kappa shape index (κ2) is 16.9. The molecule has 0 bridgehead atoms. The molecule has 0 fully saturated rings. The highest BCUT2D eigenvalue weighted by Crippen LogP contribution is 2.23. The van der Waals surface area contributed by atoms with E-state index in [1.54, 1.807) is 0 Å². The van der Waals surface area contributed by atoms with Gasteiger partial charge in [0.05, 0.1) is 0 Å². The molecule has 0 aromatic heterocycles. The average molecular weight is 336 g/mol. The summed E-state index contributed by atoms with van der Waals surface area (Å²) in [5, 5.41) is 3.93. The van der Waals surface area contributed by atoms with Crippen molar-refractivity contribution in [1.29, 1.82) is 0 Å². The molecule has 0 aliphatic heterocycles. The molecule has 0 aliphatic carbocycles. The van der Waals surface area contributed by atoms with E-state index in [-0.39, 0.29) is 6.04 Å². The molecule has 24 heavy (non-hydrogen) atoms. The Morgan fingerprint density at radius 1 is 0.875 bits per heavy atom. The van der Waals surface area contributed by atoms with Gasteiger partial charge in [-0.15, -0.1) is 0 Å². The van der Waals surface area contributed by atoms with Gasteiger partial charge in [-0.2, -0.15) is 0 Å². The first-order chi connectivity index (χ1) is 11.7. The average Bonchev–Trinajstić information content (AvgIpc) is 2.59. The maximum Gasteiger partial charge on any atom is 0.0399 e. The van der Waals surface area contributed by atoms with Crippen molar-refractivity contribution < 1.29 is 0 Å². The minimum Gasteiger partial charge on any atom is -0.0903 e. The van der Waals surface area contributed by atoms with Crippen LogP contribution >= 0.6 is 0 Å². The fourth-order valence-corrected chi connectivity index (χ4v) is 3.22. The third-order valence-electron chi connectivity index (χ3n) is 5.27. The van der Waals surface area contributed by atoms with Crippen molar-refractivity contribution in [2.24, 2.45) is 17.0 Å². The SMILES string of the molecule is CCCCCCCCCCCC=CC[C@@H](C)[C@@H](C)[C@H](CC)N=[N+]=[N-]. The van der Waals surface area contributed by atoms with E-state index < -0.39 is 0 Å². The molecule has 0 heterocycles. The van der Waals surface area contributed by atoms with E-state index in [9.17, 15) is 0 Å². The minimum absolute atomic E-state index is 0.135. The van der Waals surface area contributed by atoms with Gasteiger partial charge < -0.3 is 0 Å². The zero-order valence-electron chi connectivity index (χ0n) is 16.7. The Balaban J connectivity index is 3.62. The predicted octanol–water partition coefficient (Wildman–Crippen LogP) is 8.21. The third-order valence-corrected chi connectivity index (χ3v) is 5.27. The molecule has 140 valence electrons. The summed E-state index contributed by atoms with van der Waals surface area (Å²) in [6.45, 7) is 8.85. The Hall–Kier alpha value is -0.950. The number of nitrogens with zero attached hydrogens (tertiary/aromatic N) is 3. The molecule has 0 rings (SSSR count). The smallest absolute Gasteiger partial charge is 0.0399 e. The standard InChI is InChI=1S/C21H41N3/c1-5-7-8-9-10-11-12-13-14-15-16-17-18-19(3)20(4)21(6-2)23-24-22/h16-17,19-21H,5-15,18H2,1-4H3/t19-,20-,21+/m1/s1. The van der Waals surface area contributed by atoms with Gasteiger partial charge in [0.2, 0.25) is 0 Å². The van der Waals surface area contributed by atoms with Crippen LogP contribution in [0.2, 0.25) is 0 Å². The van der Waals surface area contributed by atoms with Crippen LogP contribution in [0.5, 0.6) is 0 Å². The summed E-state index contributed by atoms with van der Waals surface area (Å²) in [7, 11) is 0. The first-order valence-corrected chi connectivity index (χ1v) is 10.4. The van der Waals surface area contributed by atoms with Crippen LogP contribution < -0.4 is 0 Å². The van der Waals surface area contributed by atoms with Gasteiger partial charge in [0.25, 0.3) is 0 Å². The molecule has 0 N–H and O–H groups in total. The van der Waals surface area contributed by atoms with E-state index >= 15 is 0 Å². The van der Waals surface area contributed by atoms with E-state index in [1.807, 2.05) is 0 Å². The summed E-state index contributed by atoms with van der Waals surface area (Å²) in [5.74, 6) is 1.02. The Bertz CT molecular complexity index is 345. The number of rotatable bonds is 16. The van der Waals surface area contributed by atoms with Gasteiger partial charge in [0.15, 0.2) is 0 Å². The molecule has 0 aliphatic rings. The van der Waals surface area contributed by atoms with E-state index in [2.05, 4.69) is 49.9 Å². The molecule has 3 heteroatoms. The number of hydrogen-bond acceptors (Lipinski definition) is 1. The van der Waals surface area contributed by atoms with E-state index in [0.717, 1.165) is 12.8 Å². The lowest BCUT2D eigenvalue weighted by Crippen LogP contribution is -2.21. The van der Waals surface area contributed by atoms with Gasteiger partial charge in [0.1, 0.15) is 0 Å². The monoisotopic (exact) mass is 335 g/mol. The van der Waals surface area contributed by atoms with Crippen molar-refractivity contribution in [3.63, 3.8) is 0 Å². The highest BCUT2D eigenvalue weighted by Gasteiger charge is 2.19. The van der Waals surface area contributed by atoms with Crippen LogP contribution in [0.3, 0.4) is 0 Å². The molecule has 0 aromatic carbocycles. The fourth-order valence-electron chi connectivity index (χ4n) is 3.22. The number of hydrogen-bond donors (Lipinski definition) is 0. The van der Waals surface area contributed by atoms with Crippen molar-refractivity contribution in [3.8, 4) is 0 Å². The highest BCUT2D eigenvalue weighted by molar-refractivity contribution is 4.86. The Kier molecular flexibility index (Phi) is 16.2. The van der Waals surface area contributed by atoms with Gasteiger partial charge in [-0.05, 0) is 43.1 Å². The van der Waals surface area contributed by atoms with E-state index in [1.165, 1.54) is 64.2 Å². The minimum atomic E-state index is 0.135. The molecule has 3 nitrogen and oxygen atoms in total. The van der Waals surface area contributed by atoms with Gasteiger partial charge >= 0.3 is 0 Å². The molecule has 0 spiro atoms. The topological polar surface area (TPSA) is 48.8 Å². The molecule has 0 unspecified atom stereocenters. The summed E-state index contributed by atoms with van der Waals surface area (Å²) in [5.41, 5.74) is 8.63. The van der Waals surface area contributed by atoms with Crippen LogP contribution in [0.25, 0.3) is 10.4 Å². The van der Waals surface area contributed by atoms with Crippen LogP contribution in [0.15, 0.2) is 17.3 Å². The van der Waals surface area contributed by atoms with Crippen molar-refractivity contribution >= 4 is 0 Å². The maximum absolute atomic E-state index is 8.63. The summed E-state index contributed by atoms with van der Waals surface area (Å²) in [4.78, 5) is 2.98. The zero-order valence-corrected chi connectivity index (χ0v) is 16.7.